The maximum absolute atomic E-state index is 12.9. The highest BCUT2D eigenvalue weighted by atomic mass is 32.2. The molecule has 2 heterocycles. The van der Waals surface area contributed by atoms with Crippen LogP contribution in [0.4, 0.5) is 0 Å². The fourth-order valence-corrected chi connectivity index (χ4v) is 4.07. The fraction of sp³-hybridized carbons (Fsp3) is 0.389. The van der Waals surface area contributed by atoms with E-state index in [1.165, 1.54) is 0 Å². The predicted molar refractivity (Wildman–Crippen MR) is 97.0 cm³/mol. The molecule has 0 N–H and O–H groups in total. The molecule has 0 spiro atoms. The van der Waals surface area contributed by atoms with Gasteiger partial charge in [-0.1, -0.05) is 24.3 Å². The fourth-order valence-electron chi connectivity index (χ4n) is 2.93. The van der Waals surface area contributed by atoms with Crippen molar-refractivity contribution in [3.05, 3.63) is 42.1 Å². The molecule has 2 amide bonds. The Morgan fingerprint density at radius 2 is 1.96 bits per heavy atom. The molecule has 6 heteroatoms. The molecule has 5 nitrogen and oxygen atoms in total. The molecule has 0 bridgehead atoms. The summed E-state index contributed by atoms with van der Waals surface area (Å²) < 4.78 is 0. The highest BCUT2D eigenvalue weighted by Gasteiger charge is 2.37. The first-order valence-electron chi connectivity index (χ1n) is 8.19. The summed E-state index contributed by atoms with van der Waals surface area (Å²) in [6.07, 6.45) is 0. The van der Waals surface area contributed by atoms with E-state index in [4.69, 9.17) is 0 Å². The standard InChI is InChI=1S/C18H21N3O2S/c1-3-20(4-2)18(23)16-11-24-12-21(16)17(22)15-10-9-13-7-5-6-8-14(13)19-15/h5-10,16H,3-4,11-12H2,1-2H3/t16-/m0/s1. The molecule has 1 aromatic heterocycles. The summed E-state index contributed by atoms with van der Waals surface area (Å²) >= 11 is 1.61. The molecule has 0 radical (unpaired) electrons. The molecule has 0 unspecified atom stereocenters. The van der Waals surface area contributed by atoms with E-state index < -0.39 is 6.04 Å². The van der Waals surface area contributed by atoms with Gasteiger partial charge in [0.05, 0.1) is 11.4 Å². The number of carbonyl (C=O) groups excluding carboxylic acids is 2. The van der Waals surface area contributed by atoms with Gasteiger partial charge in [0, 0.05) is 24.2 Å². The molecule has 1 atom stereocenters. The van der Waals surface area contributed by atoms with Gasteiger partial charge in [-0.05, 0) is 26.0 Å². The minimum absolute atomic E-state index is 0.0270. The van der Waals surface area contributed by atoms with Crippen molar-refractivity contribution in [3.8, 4) is 0 Å². The van der Waals surface area contributed by atoms with Crippen molar-refractivity contribution < 1.29 is 9.59 Å². The molecule has 3 rings (SSSR count). The first-order chi connectivity index (χ1) is 11.7. The van der Waals surface area contributed by atoms with Crippen LogP contribution < -0.4 is 0 Å². The van der Waals surface area contributed by atoms with Gasteiger partial charge in [0.25, 0.3) is 5.91 Å². The summed E-state index contributed by atoms with van der Waals surface area (Å²) in [7, 11) is 0. The maximum atomic E-state index is 12.9. The average molecular weight is 343 g/mol. The van der Waals surface area contributed by atoms with Crippen LogP contribution in [0, 0.1) is 0 Å². The van der Waals surface area contributed by atoms with Crippen molar-refractivity contribution in [1.82, 2.24) is 14.8 Å². The number of carbonyl (C=O) groups is 2. The van der Waals surface area contributed by atoms with E-state index in [1.807, 2.05) is 44.2 Å². The zero-order chi connectivity index (χ0) is 17.1. The monoisotopic (exact) mass is 343 g/mol. The first-order valence-corrected chi connectivity index (χ1v) is 9.34. The Kier molecular flexibility index (Phi) is 5.04. The molecular formula is C18H21N3O2S. The van der Waals surface area contributed by atoms with Crippen LogP contribution >= 0.6 is 11.8 Å². The predicted octanol–water partition coefficient (Wildman–Crippen LogP) is 2.62. The van der Waals surface area contributed by atoms with Crippen molar-refractivity contribution in [2.24, 2.45) is 0 Å². The number of pyridine rings is 1. The molecule has 1 aliphatic heterocycles. The summed E-state index contributed by atoms with van der Waals surface area (Å²) in [6, 6.07) is 11.0. The first kappa shape index (κ1) is 16.8. The summed E-state index contributed by atoms with van der Waals surface area (Å²) in [5.41, 5.74) is 1.19. The Hall–Kier alpha value is -2.08. The van der Waals surface area contributed by atoms with Crippen LogP contribution in [0.5, 0.6) is 0 Å². The second-order valence-electron chi connectivity index (χ2n) is 5.69. The third-order valence-electron chi connectivity index (χ3n) is 4.32. The molecule has 126 valence electrons. The van der Waals surface area contributed by atoms with Gasteiger partial charge in [-0.2, -0.15) is 0 Å². The van der Waals surface area contributed by atoms with Crippen molar-refractivity contribution in [1.29, 1.82) is 0 Å². The van der Waals surface area contributed by atoms with Crippen LogP contribution in [-0.4, -0.2) is 57.4 Å². The number of nitrogens with zero attached hydrogens (tertiary/aromatic N) is 3. The summed E-state index contributed by atoms with van der Waals surface area (Å²) in [6.45, 7) is 5.24. The summed E-state index contributed by atoms with van der Waals surface area (Å²) in [5, 5.41) is 1.00. The number of hydrogen-bond donors (Lipinski definition) is 0. The highest BCUT2D eigenvalue weighted by Crippen LogP contribution is 2.25. The molecule has 1 aromatic carbocycles. The topological polar surface area (TPSA) is 53.5 Å². The normalized spacial score (nSPS) is 17.2. The molecule has 24 heavy (non-hydrogen) atoms. The number of hydrogen-bond acceptors (Lipinski definition) is 4. The van der Waals surface area contributed by atoms with E-state index in [0.717, 1.165) is 10.9 Å². The van der Waals surface area contributed by atoms with Crippen LogP contribution in [0.3, 0.4) is 0 Å². The Morgan fingerprint density at radius 1 is 1.21 bits per heavy atom. The number of likely N-dealkylation sites (N-methyl/N-ethyl adjacent to an activating group) is 1. The third-order valence-corrected chi connectivity index (χ3v) is 5.33. The highest BCUT2D eigenvalue weighted by molar-refractivity contribution is 7.99. The van der Waals surface area contributed by atoms with Gasteiger partial charge < -0.3 is 9.80 Å². The molecular weight excluding hydrogens is 322 g/mol. The van der Waals surface area contributed by atoms with Crippen molar-refractivity contribution in [2.75, 3.05) is 24.7 Å². The van der Waals surface area contributed by atoms with Gasteiger partial charge in [0.2, 0.25) is 5.91 Å². The van der Waals surface area contributed by atoms with Gasteiger partial charge >= 0.3 is 0 Å². The number of thioether (sulfide) groups is 1. The Labute approximate surface area is 146 Å². The van der Waals surface area contributed by atoms with E-state index in [-0.39, 0.29) is 11.8 Å². The van der Waals surface area contributed by atoms with E-state index >= 15 is 0 Å². The van der Waals surface area contributed by atoms with Crippen molar-refractivity contribution in [3.63, 3.8) is 0 Å². The average Bonchev–Trinajstić information content (AvgIpc) is 3.11. The lowest BCUT2D eigenvalue weighted by Crippen LogP contribution is -2.49. The quantitative estimate of drug-likeness (QED) is 0.856. The lowest BCUT2D eigenvalue weighted by Gasteiger charge is -2.28. The number of fused-ring (bicyclic) bond motifs is 1. The van der Waals surface area contributed by atoms with Crippen LogP contribution in [0.1, 0.15) is 24.3 Å². The lowest BCUT2D eigenvalue weighted by atomic mass is 10.2. The molecule has 1 saturated heterocycles. The number of rotatable bonds is 4. The van der Waals surface area contributed by atoms with Gasteiger partial charge in [0.15, 0.2) is 0 Å². The van der Waals surface area contributed by atoms with E-state index in [2.05, 4.69) is 4.98 Å². The maximum Gasteiger partial charge on any atom is 0.273 e. The minimum Gasteiger partial charge on any atom is -0.341 e. The molecule has 1 aliphatic rings. The second-order valence-corrected chi connectivity index (χ2v) is 6.69. The van der Waals surface area contributed by atoms with Crippen LogP contribution in [-0.2, 0) is 4.79 Å². The zero-order valence-electron chi connectivity index (χ0n) is 13.9. The summed E-state index contributed by atoms with van der Waals surface area (Å²) in [5.74, 6) is 1.04. The smallest absolute Gasteiger partial charge is 0.273 e. The number of amides is 2. The number of aromatic nitrogens is 1. The van der Waals surface area contributed by atoms with Crippen LogP contribution in [0.15, 0.2) is 36.4 Å². The zero-order valence-corrected chi connectivity index (χ0v) is 14.8. The number of benzene rings is 1. The van der Waals surface area contributed by atoms with Crippen molar-refractivity contribution >= 4 is 34.5 Å². The van der Waals surface area contributed by atoms with Crippen molar-refractivity contribution in [2.45, 2.75) is 19.9 Å². The summed E-state index contributed by atoms with van der Waals surface area (Å²) in [4.78, 5) is 33.5. The van der Waals surface area contributed by atoms with E-state index in [9.17, 15) is 9.59 Å². The lowest BCUT2D eigenvalue weighted by molar-refractivity contribution is -0.134. The van der Waals surface area contributed by atoms with Crippen LogP contribution in [0.2, 0.25) is 0 Å². The Balaban J connectivity index is 1.85. The molecule has 0 saturated carbocycles. The van der Waals surface area contributed by atoms with Gasteiger partial charge in [-0.15, -0.1) is 11.8 Å². The number of para-hydroxylation sites is 1. The third kappa shape index (κ3) is 3.11. The van der Waals surface area contributed by atoms with Gasteiger partial charge in [-0.3, -0.25) is 9.59 Å². The largest absolute Gasteiger partial charge is 0.341 e. The van der Waals surface area contributed by atoms with E-state index in [1.54, 1.807) is 27.6 Å². The van der Waals surface area contributed by atoms with Gasteiger partial charge in [-0.25, -0.2) is 4.98 Å². The Morgan fingerprint density at radius 3 is 2.71 bits per heavy atom. The molecule has 2 aromatic rings. The Bertz CT molecular complexity index is 761. The van der Waals surface area contributed by atoms with E-state index in [0.29, 0.717) is 30.4 Å². The SMILES string of the molecule is CCN(CC)C(=O)[C@@H]1CSCN1C(=O)c1ccc2ccccc2n1. The minimum atomic E-state index is -0.393. The van der Waals surface area contributed by atoms with Crippen LogP contribution in [0.25, 0.3) is 10.9 Å². The second kappa shape index (κ2) is 7.21. The molecule has 1 fully saturated rings. The van der Waals surface area contributed by atoms with Gasteiger partial charge in [0.1, 0.15) is 11.7 Å². The molecule has 0 aliphatic carbocycles.